The van der Waals surface area contributed by atoms with Gasteiger partial charge in [-0.1, -0.05) is 6.92 Å². The summed E-state index contributed by atoms with van der Waals surface area (Å²) < 4.78 is 0. The molecule has 0 atom stereocenters. The van der Waals surface area contributed by atoms with Crippen molar-refractivity contribution in [2.45, 2.75) is 32.6 Å². The molecule has 0 amide bonds. The van der Waals surface area contributed by atoms with Gasteiger partial charge in [0.2, 0.25) is 0 Å². The maximum atomic E-state index is 5.41. The Labute approximate surface area is 132 Å². The molecule has 0 bridgehead atoms. The molecule has 0 aliphatic rings. The maximum Gasteiger partial charge on any atom is -0.000683 e. The van der Waals surface area contributed by atoms with Crippen LogP contribution in [0.15, 0.2) is 0 Å². The van der Waals surface area contributed by atoms with Crippen molar-refractivity contribution in [1.82, 2.24) is 9.80 Å². The largest absolute Gasteiger partial charge is 0.330 e. The smallest absolute Gasteiger partial charge is 0.000683 e. The average Bonchev–Trinajstić information content (AvgIpc) is 2.51. The quantitative estimate of drug-likeness (QED) is 0.369. The van der Waals surface area contributed by atoms with Gasteiger partial charge in [0.05, 0.1) is 0 Å². The van der Waals surface area contributed by atoms with E-state index in [1.807, 2.05) is 0 Å². The van der Waals surface area contributed by atoms with Gasteiger partial charge < -0.3 is 32.7 Å². The SMILES string of the molecule is CCN(CCCN)CCCN.CN(CCCN)CCCN. The Kier molecular flexibility index (Phi) is 21.7. The Morgan fingerprint density at radius 3 is 1.24 bits per heavy atom. The summed E-state index contributed by atoms with van der Waals surface area (Å²) in [5, 5.41) is 0. The predicted octanol–water partition coefficient (Wildman–Crippen LogP) is -0.378. The molecule has 0 aliphatic carbocycles. The summed E-state index contributed by atoms with van der Waals surface area (Å²) in [6.45, 7) is 10.9. The van der Waals surface area contributed by atoms with E-state index in [1.54, 1.807) is 0 Å². The van der Waals surface area contributed by atoms with Crippen molar-refractivity contribution in [3.8, 4) is 0 Å². The molecule has 0 rings (SSSR count). The van der Waals surface area contributed by atoms with Gasteiger partial charge in [0, 0.05) is 0 Å². The molecule has 6 heteroatoms. The van der Waals surface area contributed by atoms with E-state index in [0.29, 0.717) is 0 Å². The molecule has 0 saturated carbocycles. The van der Waals surface area contributed by atoms with Gasteiger partial charge in [-0.3, -0.25) is 0 Å². The van der Waals surface area contributed by atoms with Crippen molar-refractivity contribution in [3.63, 3.8) is 0 Å². The first-order valence-corrected chi connectivity index (χ1v) is 8.37. The third-order valence-electron chi connectivity index (χ3n) is 3.29. The minimum atomic E-state index is 0.785. The highest BCUT2D eigenvalue weighted by molar-refractivity contribution is 4.56. The van der Waals surface area contributed by atoms with Gasteiger partial charge in [0.1, 0.15) is 0 Å². The molecule has 8 N–H and O–H groups in total. The van der Waals surface area contributed by atoms with Gasteiger partial charge in [-0.2, -0.15) is 0 Å². The van der Waals surface area contributed by atoms with Crippen LogP contribution >= 0.6 is 0 Å². The topological polar surface area (TPSA) is 111 Å². The maximum absolute atomic E-state index is 5.41. The van der Waals surface area contributed by atoms with Crippen LogP contribution in [0.3, 0.4) is 0 Å². The molecule has 21 heavy (non-hydrogen) atoms. The minimum absolute atomic E-state index is 0.785. The van der Waals surface area contributed by atoms with Gasteiger partial charge in [-0.25, -0.2) is 0 Å². The molecule has 130 valence electrons. The molecule has 0 aromatic carbocycles. The van der Waals surface area contributed by atoms with Crippen LogP contribution in [0.2, 0.25) is 0 Å². The van der Waals surface area contributed by atoms with E-state index in [1.165, 1.54) is 0 Å². The van der Waals surface area contributed by atoms with Crippen LogP contribution in [0.1, 0.15) is 32.6 Å². The number of rotatable bonds is 13. The number of nitrogens with two attached hydrogens (primary N) is 4. The molecule has 0 saturated heterocycles. The van der Waals surface area contributed by atoms with Gasteiger partial charge in [0.25, 0.3) is 0 Å². The highest BCUT2D eigenvalue weighted by atomic mass is 15.1. The number of hydrogen-bond acceptors (Lipinski definition) is 6. The summed E-state index contributed by atoms with van der Waals surface area (Å²) >= 11 is 0. The van der Waals surface area contributed by atoms with Crippen LogP contribution in [0.25, 0.3) is 0 Å². The van der Waals surface area contributed by atoms with Crippen LogP contribution < -0.4 is 22.9 Å². The molecule has 0 aliphatic heterocycles. The van der Waals surface area contributed by atoms with Gasteiger partial charge in [0.15, 0.2) is 0 Å². The summed E-state index contributed by atoms with van der Waals surface area (Å²) in [6.07, 6.45) is 4.36. The Hall–Kier alpha value is -0.240. The lowest BCUT2D eigenvalue weighted by molar-refractivity contribution is 0.284. The third-order valence-corrected chi connectivity index (χ3v) is 3.29. The summed E-state index contributed by atoms with van der Waals surface area (Å²) in [5.41, 5.74) is 21.5. The van der Waals surface area contributed by atoms with Gasteiger partial charge in [-0.05, 0) is 91.6 Å². The zero-order chi connectivity index (χ0) is 16.3. The van der Waals surface area contributed by atoms with Gasteiger partial charge >= 0.3 is 0 Å². The Morgan fingerprint density at radius 2 is 0.952 bits per heavy atom. The van der Waals surface area contributed by atoms with Crippen molar-refractivity contribution in [3.05, 3.63) is 0 Å². The predicted molar refractivity (Wildman–Crippen MR) is 94.3 cm³/mol. The van der Waals surface area contributed by atoms with Crippen LogP contribution in [0.4, 0.5) is 0 Å². The second kappa shape index (κ2) is 19.8. The Balaban J connectivity index is 0. The standard InChI is InChI=1S/C8H21N3.C7H19N3/c1-2-11(7-3-5-9)8-4-6-10;1-10(6-2-4-8)7-3-5-9/h2-10H2,1H3;2-9H2,1H3. The monoisotopic (exact) mass is 304 g/mol. The van der Waals surface area contributed by atoms with Crippen LogP contribution in [-0.4, -0.2) is 75.8 Å². The summed E-state index contributed by atoms with van der Waals surface area (Å²) in [5.74, 6) is 0. The summed E-state index contributed by atoms with van der Waals surface area (Å²) in [4.78, 5) is 4.65. The summed E-state index contributed by atoms with van der Waals surface area (Å²) in [7, 11) is 2.10. The molecule has 0 radical (unpaired) electrons. The molecule has 0 spiro atoms. The third kappa shape index (κ3) is 19.8. The van der Waals surface area contributed by atoms with E-state index >= 15 is 0 Å². The van der Waals surface area contributed by atoms with E-state index in [4.69, 9.17) is 22.9 Å². The van der Waals surface area contributed by atoms with E-state index in [9.17, 15) is 0 Å². The zero-order valence-electron chi connectivity index (χ0n) is 14.4. The first-order chi connectivity index (χ1) is 10.2. The average molecular weight is 305 g/mol. The molecule has 0 heterocycles. The van der Waals surface area contributed by atoms with E-state index < -0.39 is 0 Å². The Morgan fingerprint density at radius 1 is 0.619 bits per heavy atom. The van der Waals surface area contributed by atoms with Gasteiger partial charge in [-0.15, -0.1) is 0 Å². The number of nitrogens with zero attached hydrogens (tertiary/aromatic N) is 2. The molecule has 0 aromatic heterocycles. The molecule has 0 unspecified atom stereocenters. The lowest BCUT2D eigenvalue weighted by atomic mass is 10.3. The molecule has 6 nitrogen and oxygen atoms in total. The lowest BCUT2D eigenvalue weighted by Crippen LogP contribution is -2.28. The second-order valence-electron chi connectivity index (χ2n) is 5.31. The fourth-order valence-electron chi connectivity index (χ4n) is 1.89. The van der Waals surface area contributed by atoms with E-state index in [2.05, 4.69) is 23.8 Å². The number of hydrogen-bond donors (Lipinski definition) is 4. The van der Waals surface area contributed by atoms with Crippen LogP contribution in [0, 0.1) is 0 Å². The molecule has 0 aromatic rings. The normalized spacial score (nSPS) is 10.9. The van der Waals surface area contributed by atoms with Crippen molar-refractivity contribution >= 4 is 0 Å². The lowest BCUT2D eigenvalue weighted by Gasteiger charge is -2.19. The first-order valence-electron chi connectivity index (χ1n) is 8.37. The first kappa shape index (κ1) is 23.0. The second-order valence-corrected chi connectivity index (χ2v) is 5.31. The van der Waals surface area contributed by atoms with Crippen molar-refractivity contribution in [1.29, 1.82) is 0 Å². The summed E-state index contributed by atoms with van der Waals surface area (Å²) in [6, 6.07) is 0. The van der Waals surface area contributed by atoms with Crippen molar-refractivity contribution in [2.24, 2.45) is 22.9 Å². The molecule has 0 fully saturated rings. The van der Waals surface area contributed by atoms with E-state index in [0.717, 1.165) is 84.6 Å². The minimum Gasteiger partial charge on any atom is -0.330 e. The Bertz CT molecular complexity index is 164. The highest BCUT2D eigenvalue weighted by Gasteiger charge is 1.98. The van der Waals surface area contributed by atoms with Crippen molar-refractivity contribution < 1.29 is 0 Å². The van der Waals surface area contributed by atoms with Crippen LogP contribution in [0.5, 0.6) is 0 Å². The molecular formula is C15H40N6. The van der Waals surface area contributed by atoms with Crippen molar-refractivity contribution in [2.75, 3.05) is 66.0 Å². The zero-order valence-corrected chi connectivity index (χ0v) is 14.4. The molecular weight excluding hydrogens is 264 g/mol. The fourth-order valence-corrected chi connectivity index (χ4v) is 1.89. The van der Waals surface area contributed by atoms with Crippen LogP contribution in [-0.2, 0) is 0 Å². The fraction of sp³-hybridized carbons (Fsp3) is 1.00. The highest BCUT2D eigenvalue weighted by Crippen LogP contribution is 1.91. The van der Waals surface area contributed by atoms with E-state index in [-0.39, 0.29) is 0 Å².